The summed E-state index contributed by atoms with van der Waals surface area (Å²) in [6.45, 7) is 5.73. The lowest BCUT2D eigenvalue weighted by atomic mass is 10.2. The van der Waals surface area contributed by atoms with Gasteiger partial charge in [0.05, 0.1) is 16.9 Å². The van der Waals surface area contributed by atoms with Crippen LogP contribution in [0, 0.1) is 0 Å². The van der Waals surface area contributed by atoms with Gasteiger partial charge in [0.15, 0.2) is 0 Å². The van der Waals surface area contributed by atoms with Gasteiger partial charge in [-0.15, -0.1) is 0 Å². The second-order valence-electron chi connectivity index (χ2n) is 6.97. The maximum atomic E-state index is 13.0. The Balaban J connectivity index is 1.97. The number of urea groups is 1. The van der Waals surface area contributed by atoms with Crippen molar-refractivity contribution in [2.45, 2.75) is 32.9 Å². The van der Waals surface area contributed by atoms with Crippen molar-refractivity contribution >= 4 is 34.2 Å². The maximum absolute atomic E-state index is 13.0. The molecule has 2 aromatic carbocycles. The molecule has 1 unspecified atom stereocenters. The summed E-state index contributed by atoms with van der Waals surface area (Å²) in [7, 11) is 1.68. The monoisotopic (exact) mass is 398 g/mol. The van der Waals surface area contributed by atoms with E-state index in [1.165, 1.54) is 4.57 Å². The van der Waals surface area contributed by atoms with Crippen molar-refractivity contribution < 1.29 is 4.79 Å². The Hall–Kier alpha value is -2.86. The van der Waals surface area contributed by atoms with E-state index in [4.69, 9.17) is 11.6 Å². The molecule has 0 spiro atoms. The van der Waals surface area contributed by atoms with Crippen LogP contribution < -0.4 is 10.9 Å². The highest BCUT2D eigenvalue weighted by Crippen LogP contribution is 2.23. The zero-order valence-electron chi connectivity index (χ0n) is 16.3. The topological polar surface area (TPSA) is 67.2 Å². The molecule has 1 atom stereocenters. The molecule has 146 valence electrons. The second-order valence-corrected chi connectivity index (χ2v) is 7.40. The van der Waals surface area contributed by atoms with Crippen molar-refractivity contribution in [2.24, 2.45) is 7.05 Å². The van der Waals surface area contributed by atoms with Gasteiger partial charge < -0.3 is 10.2 Å². The number of hydrogen-bond donors (Lipinski definition) is 1. The third kappa shape index (κ3) is 3.87. The number of benzene rings is 2. The first-order valence-corrected chi connectivity index (χ1v) is 9.48. The number of carbonyl (C=O) groups is 1. The van der Waals surface area contributed by atoms with Gasteiger partial charge in [0.25, 0.3) is 5.56 Å². The lowest BCUT2D eigenvalue weighted by molar-refractivity contribution is 0.168. The van der Waals surface area contributed by atoms with Gasteiger partial charge in [-0.05, 0) is 57.2 Å². The molecule has 0 radical (unpaired) electrons. The molecule has 3 aromatic rings. The minimum atomic E-state index is -0.408. The number of para-hydroxylation sites is 1. The molecule has 0 aliphatic heterocycles. The average Bonchev–Trinajstić information content (AvgIpc) is 2.66. The molecule has 0 aliphatic rings. The number of rotatable bonds is 4. The predicted octanol–water partition coefficient (Wildman–Crippen LogP) is 4.59. The zero-order valence-corrected chi connectivity index (χ0v) is 17.1. The summed E-state index contributed by atoms with van der Waals surface area (Å²) >= 11 is 5.91. The minimum absolute atomic E-state index is 0.106. The summed E-state index contributed by atoms with van der Waals surface area (Å²) in [5.74, 6) is 0.531. The smallest absolute Gasteiger partial charge is 0.312 e. The van der Waals surface area contributed by atoms with Crippen LogP contribution in [0.3, 0.4) is 0 Å². The normalized spacial score (nSPS) is 12.2. The van der Waals surface area contributed by atoms with E-state index in [1.54, 1.807) is 48.3 Å². The Bertz CT molecular complexity index is 1060. The van der Waals surface area contributed by atoms with E-state index in [2.05, 4.69) is 10.3 Å². The van der Waals surface area contributed by atoms with E-state index in [0.717, 1.165) is 0 Å². The Morgan fingerprint density at radius 3 is 2.39 bits per heavy atom. The molecule has 2 amide bonds. The molecule has 6 nitrogen and oxygen atoms in total. The van der Waals surface area contributed by atoms with Crippen LogP contribution in [0.4, 0.5) is 10.5 Å². The number of anilines is 1. The number of fused-ring (bicyclic) bond motifs is 1. The highest BCUT2D eigenvalue weighted by molar-refractivity contribution is 6.30. The van der Waals surface area contributed by atoms with E-state index >= 15 is 0 Å². The van der Waals surface area contributed by atoms with Crippen LogP contribution >= 0.6 is 11.6 Å². The molecular formula is C21H23ClN4O2. The second kappa shape index (κ2) is 8.02. The lowest BCUT2D eigenvalue weighted by Crippen LogP contribution is -2.43. The molecule has 1 heterocycles. The zero-order chi connectivity index (χ0) is 20.4. The highest BCUT2D eigenvalue weighted by atomic mass is 35.5. The standard InChI is InChI=1S/C21H23ClN4O2/c1-13(2)26(21(28)23-16-11-9-15(22)10-12-16)14(3)19-24-18-8-6-5-7-17(18)20(27)25(19)4/h5-14H,1-4H3,(H,23,28). The summed E-state index contributed by atoms with van der Waals surface area (Å²) < 4.78 is 1.51. The number of nitrogens with zero attached hydrogens (tertiary/aromatic N) is 3. The van der Waals surface area contributed by atoms with E-state index in [1.807, 2.05) is 32.9 Å². The number of halogens is 1. The van der Waals surface area contributed by atoms with E-state index in [9.17, 15) is 9.59 Å². The Kier molecular flexibility index (Phi) is 5.70. The summed E-state index contributed by atoms with van der Waals surface area (Å²) in [5, 5.41) is 4.04. The number of hydrogen-bond acceptors (Lipinski definition) is 3. The Morgan fingerprint density at radius 1 is 1.11 bits per heavy atom. The van der Waals surface area contributed by atoms with Crippen LogP contribution in [0.15, 0.2) is 53.3 Å². The fourth-order valence-corrected chi connectivity index (χ4v) is 3.44. The summed E-state index contributed by atoms with van der Waals surface area (Å²) in [4.78, 5) is 32.0. The number of amides is 2. The predicted molar refractivity (Wildman–Crippen MR) is 113 cm³/mol. The van der Waals surface area contributed by atoms with Crippen molar-refractivity contribution in [3.63, 3.8) is 0 Å². The van der Waals surface area contributed by atoms with Crippen LogP contribution in [-0.2, 0) is 7.05 Å². The fourth-order valence-electron chi connectivity index (χ4n) is 3.31. The highest BCUT2D eigenvalue weighted by Gasteiger charge is 2.27. The minimum Gasteiger partial charge on any atom is -0.312 e. The van der Waals surface area contributed by atoms with Crippen molar-refractivity contribution in [3.8, 4) is 0 Å². The van der Waals surface area contributed by atoms with E-state index < -0.39 is 6.04 Å². The average molecular weight is 399 g/mol. The molecule has 0 saturated heterocycles. The first-order valence-electron chi connectivity index (χ1n) is 9.10. The summed E-state index contributed by atoms with van der Waals surface area (Å²) in [6.07, 6.45) is 0. The van der Waals surface area contributed by atoms with Crippen LogP contribution in [0.25, 0.3) is 10.9 Å². The largest absolute Gasteiger partial charge is 0.322 e. The van der Waals surface area contributed by atoms with Crippen LogP contribution in [0.2, 0.25) is 5.02 Å². The molecule has 1 N–H and O–H groups in total. The van der Waals surface area contributed by atoms with Crippen LogP contribution in [-0.4, -0.2) is 26.5 Å². The molecule has 3 rings (SSSR count). The van der Waals surface area contributed by atoms with Gasteiger partial charge in [-0.2, -0.15) is 0 Å². The number of carbonyl (C=O) groups excluding carboxylic acids is 1. The van der Waals surface area contributed by atoms with Crippen molar-refractivity contribution in [2.75, 3.05) is 5.32 Å². The van der Waals surface area contributed by atoms with Gasteiger partial charge in [0, 0.05) is 23.8 Å². The molecule has 7 heteroatoms. The summed E-state index contributed by atoms with van der Waals surface area (Å²) in [5.41, 5.74) is 1.14. The van der Waals surface area contributed by atoms with E-state index in [0.29, 0.717) is 27.4 Å². The first-order chi connectivity index (χ1) is 13.3. The Labute approximate surface area is 168 Å². The molecule has 0 aliphatic carbocycles. The van der Waals surface area contributed by atoms with Crippen molar-refractivity contribution in [3.05, 3.63) is 69.7 Å². The third-order valence-corrected chi connectivity index (χ3v) is 4.95. The quantitative estimate of drug-likeness (QED) is 0.698. The van der Waals surface area contributed by atoms with Gasteiger partial charge in [0.2, 0.25) is 0 Å². The molecule has 1 aromatic heterocycles. The number of nitrogens with one attached hydrogen (secondary N) is 1. The first kappa shape index (κ1) is 19.9. The van der Waals surface area contributed by atoms with Crippen LogP contribution in [0.5, 0.6) is 0 Å². The van der Waals surface area contributed by atoms with Crippen molar-refractivity contribution in [1.82, 2.24) is 14.5 Å². The van der Waals surface area contributed by atoms with Crippen LogP contribution in [0.1, 0.15) is 32.6 Å². The van der Waals surface area contributed by atoms with E-state index in [-0.39, 0.29) is 17.6 Å². The van der Waals surface area contributed by atoms with Gasteiger partial charge in [0.1, 0.15) is 5.82 Å². The molecular weight excluding hydrogens is 376 g/mol. The third-order valence-electron chi connectivity index (χ3n) is 4.70. The Morgan fingerprint density at radius 2 is 1.75 bits per heavy atom. The van der Waals surface area contributed by atoms with Gasteiger partial charge in [-0.3, -0.25) is 9.36 Å². The molecule has 0 fully saturated rings. The molecule has 0 saturated carbocycles. The summed E-state index contributed by atoms with van der Waals surface area (Å²) in [6, 6.07) is 13.4. The molecule has 0 bridgehead atoms. The van der Waals surface area contributed by atoms with Gasteiger partial charge in [-0.25, -0.2) is 9.78 Å². The van der Waals surface area contributed by atoms with Gasteiger partial charge >= 0.3 is 6.03 Å². The number of aromatic nitrogens is 2. The van der Waals surface area contributed by atoms with Gasteiger partial charge in [-0.1, -0.05) is 23.7 Å². The fraction of sp³-hybridized carbons (Fsp3) is 0.286. The lowest BCUT2D eigenvalue weighted by Gasteiger charge is -2.33. The van der Waals surface area contributed by atoms with Crippen molar-refractivity contribution in [1.29, 1.82) is 0 Å². The SMILES string of the molecule is CC(C)N(C(=O)Nc1ccc(Cl)cc1)C(C)c1nc2ccccc2c(=O)n1C. The molecule has 28 heavy (non-hydrogen) atoms. The maximum Gasteiger partial charge on any atom is 0.322 e.